The number of benzene rings is 2. The van der Waals surface area contributed by atoms with E-state index in [1.807, 2.05) is 29.2 Å². The Morgan fingerprint density at radius 2 is 1.83 bits per heavy atom. The molecule has 0 radical (unpaired) electrons. The molecule has 0 aromatic heterocycles. The van der Waals surface area contributed by atoms with Crippen LogP contribution in [0.4, 0.5) is 0 Å². The van der Waals surface area contributed by atoms with E-state index in [9.17, 15) is 4.79 Å². The predicted molar refractivity (Wildman–Crippen MR) is 91.6 cm³/mol. The summed E-state index contributed by atoms with van der Waals surface area (Å²) in [5, 5.41) is 0. The lowest BCUT2D eigenvalue weighted by Gasteiger charge is -2.33. The standard InChI is InChI=1S/C20H23NO2/c1-3-16-6-10-18(11-7-16)20(22)21-12-13-23-19(14-21)17-8-4-15(2)5-9-17/h4-11,19H,3,12-14H2,1-2H3. The molecule has 3 rings (SSSR count). The van der Waals surface area contributed by atoms with Gasteiger partial charge in [0.2, 0.25) is 0 Å². The van der Waals surface area contributed by atoms with E-state index >= 15 is 0 Å². The Balaban J connectivity index is 1.72. The van der Waals surface area contributed by atoms with Crippen molar-refractivity contribution < 1.29 is 9.53 Å². The van der Waals surface area contributed by atoms with Crippen LogP contribution in [0.5, 0.6) is 0 Å². The van der Waals surface area contributed by atoms with Crippen LogP contribution < -0.4 is 0 Å². The maximum absolute atomic E-state index is 12.7. The Morgan fingerprint density at radius 1 is 1.13 bits per heavy atom. The average Bonchev–Trinajstić information content (AvgIpc) is 2.62. The Bertz CT molecular complexity index is 661. The van der Waals surface area contributed by atoms with E-state index in [0.29, 0.717) is 19.7 Å². The molecule has 1 aliphatic rings. The molecule has 1 heterocycles. The third kappa shape index (κ3) is 3.62. The van der Waals surface area contributed by atoms with Gasteiger partial charge in [0, 0.05) is 12.1 Å². The van der Waals surface area contributed by atoms with Gasteiger partial charge in [-0.2, -0.15) is 0 Å². The summed E-state index contributed by atoms with van der Waals surface area (Å²) in [6, 6.07) is 16.3. The van der Waals surface area contributed by atoms with Gasteiger partial charge in [-0.05, 0) is 36.6 Å². The molecule has 3 heteroatoms. The van der Waals surface area contributed by atoms with Crippen LogP contribution in [0.1, 0.15) is 40.1 Å². The van der Waals surface area contributed by atoms with Crippen molar-refractivity contribution in [1.29, 1.82) is 0 Å². The first-order chi connectivity index (χ1) is 11.2. The zero-order chi connectivity index (χ0) is 16.2. The van der Waals surface area contributed by atoms with Crippen LogP contribution in [-0.2, 0) is 11.2 Å². The molecule has 1 aliphatic heterocycles. The molecule has 1 amide bonds. The van der Waals surface area contributed by atoms with Gasteiger partial charge < -0.3 is 9.64 Å². The second-order valence-corrected chi connectivity index (χ2v) is 6.07. The molecule has 0 N–H and O–H groups in total. The molecule has 23 heavy (non-hydrogen) atoms. The maximum atomic E-state index is 12.7. The summed E-state index contributed by atoms with van der Waals surface area (Å²) in [7, 11) is 0. The summed E-state index contributed by atoms with van der Waals surface area (Å²) in [4.78, 5) is 14.6. The van der Waals surface area contributed by atoms with Crippen LogP contribution in [0.2, 0.25) is 0 Å². The van der Waals surface area contributed by atoms with Crippen molar-refractivity contribution in [2.24, 2.45) is 0 Å². The SMILES string of the molecule is CCc1ccc(C(=O)N2CCOC(c3ccc(C)cc3)C2)cc1. The van der Waals surface area contributed by atoms with Gasteiger partial charge in [-0.1, -0.05) is 48.9 Å². The van der Waals surface area contributed by atoms with E-state index in [1.165, 1.54) is 11.1 Å². The second kappa shape index (κ2) is 6.97. The van der Waals surface area contributed by atoms with Gasteiger partial charge in [-0.3, -0.25) is 4.79 Å². The number of hydrogen-bond donors (Lipinski definition) is 0. The second-order valence-electron chi connectivity index (χ2n) is 6.07. The van der Waals surface area contributed by atoms with E-state index in [0.717, 1.165) is 17.5 Å². The van der Waals surface area contributed by atoms with Crippen molar-refractivity contribution in [3.05, 3.63) is 70.8 Å². The number of carbonyl (C=O) groups is 1. The fourth-order valence-electron chi connectivity index (χ4n) is 2.88. The molecule has 0 saturated carbocycles. The molecule has 3 nitrogen and oxygen atoms in total. The van der Waals surface area contributed by atoms with Gasteiger partial charge in [-0.25, -0.2) is 0 Å². The zero-order valence-corrected chi connectivity index (χ0v) is 13.8. The highest BCUT2D eigenvalue weighted by Crippen LogP contribution is 2.23. The molecule has 0 bridgehead atoms. The molecule has 0 aliphatic carbocycles. The van der Waals surface area contributed by atoms with Crippen LogP contribution in [0.25, 0.3) is 0 Å². The van der Waals surface area contributed by atoms with Gasteiger partial charge >= 0.3 is 0 Å². The fourth-order valence-corrected chi connectivity index (χ4v) is 2.88. The van der Waals surface area contributed by atoms with Crippen molar-refractivity contribution in [2.75, 3.05) is 19.7 Å². The minimum atomic E-state index is -0.0387. The summed E-state index contributed by atoms with van der Waals surface area (Å²) >= 11 is 0. The first-order valence-corrected chi connectivity index (χ1v) is 8.23. The van der Waals surface area contributed by atoms with E-state index < -0.39 is 0 Å². The van der Waals surface area contributed by atoms with Crippen LogP contribution >= 0.6 is 0 Å². The highest BCUT2D eigenvalue weighted by Gasteiger charge is 2.26. The lowest BCUT2D eigenvalue weighted by Crippen LogP contribution is -2.42. The summed E-state index contributed by atoms with van der Waals surface area (Å²) in [6.45, 7) is 6.03. The molecule has 1 unspecified atom stereocenters. The largest absolute Gasteiger partial charge is 0.370 e. The lowest BCUT2D eigenvalue weighted by molar-refractivity contribution is -0.0228. The third-order valence-corrected chi connectivity index (χ3v) is 4.41. The first-order valence-electron chi connectivity index (χ1n) is 8.23. The summed E-state index contributed by atoms with van der Waals surface area (Å²) in [5.74, 6) is 0.0908. The number of amides is 1. The van der Waals surface area contributed by atoms with Crippen molar-refractivity contribution in [1.82, 2.24) is 4.90 Å². The van der Waals surface area contributed by atoms with Crippen molar-refractivity contribution >= 4 is 5.91 Å². The van der Waals surface area contributed by atoms with E-state index in [-0.39, 0.29) is 12.0 Å². The third-order valence-electron chi connectivity index (χ3n) is 4.41. The number of aryl methyl sites for hydroxylation is 2. The maximum Gasteiger partial charge on any atom is 0.254 e. The molecule has 2 aromatic rings. The quantitative estimate of drug-likeness (QED) is 0.864. The van der Waals surface area contributed by atoms with E-state index in [1.54, 1.807) is 0 Å². The Morgan fingerprint density at radius 3 is 2.48 bits per heavy atom. The molecule has 0 spiro atoms. The fraction of sp³-hybridized carbons (Fsp3) is 0.350. The Hall–Kier alpha value is -2.13. The normalized spacial score (nSPS) is 18.0. The number of rotatable bonds is 3. The van der Waals surface area contributed by atoms with E-state index in [4.69, 9.17) is 4.74 Å². The minimum Gasteiger partial charge on any atom is -0.370 e. The molecule has 1 saturated heterocycles. The topological polar surface area (TPSA) is 29.5 Å². The van der Waals surface area contributed by atoms with Gasteiger partial charge in [0.15, 0.2) is 0 Å². The van der Waals surface area contributed by atoms with Crippen molar-refractivity contribution in [3.8, 4) is 0 Å². The first kappa shape index (κ1) is 15.8. The molecule has 1 fully saturated rings. The molecule has 2 aromatic carbocycles. The van der Waals surface area contributed by atoms with Crippen molar-refractivity contribution in [3.63, 3.8) is 0 Å². The minimum absolute atomic E-state index is 0.0387. The average molecular weight is 309 g/mol. The number of morpholine rings is 1. The number of ether oxygens (including phenoxy) is 1. The highest BCUT2D eigenvalue weighted by molar-refractivity contribution is 5.94. The molecule has 120 valence electrons. The summed E-state index contributed by atoms with van der Waals surface area (Å²) in [6.07, 6.45) is 0.949. The lowest BCUT2D eigenvalue weighted by atomic mass is 10.0. The van der Waals surface area contributed by atoms with Crippen LogP contribution in [0.3, 0.4) is 0 Å². The van der Waals surface area contributed by atoms with Gasteiger partial charge in [0.05, 0.1) is 13.2 Å². The van der Waals surface area contributed by atoms with Gasteiger partial charge in [0.25, 0.3) is 5.91 Å². The van der Waals surface area contributed by atoms with Crippen LogP contribution in [0, 0.1) is 6.92 Å². The monoisotopic (exact) mass is 309 g/mol. The number of carbonyl (C=O) groups excluding carboxylic acids is 1. The number of hydrogen-bond acceptors (Lipinski definition) is 2. The number of nitrogens with zero attached hydrogens (tertiary/aromatic N) is 1. The molecular formula is C20H23NO2. The smallest absolute Gasteiger partial charge is 0.254 e. The van der Waals surface area contributed by atoms with Gasteiger partial charge in [0.1, 0.15) is 6.10 Å². The highest BCUT2D eigenvalue weighted by atomic mass is 16.5. The van der Waals surface area contributed by atoms with Crippen LogP contribution in [0.15, 0.2) is 48.5 Å². The predicted octanol–water partition coefficient (Wildman–Crippen LogP) is 3.77. The Labute approximate surface area is 137 Å². The zero-order valence-electron chi connectivity index (χ0n) is 13.8. The molecular weight excluding hydrogens is 286 g/mol. The van der Waals surface area contributed by atoms with Gasteiger partial charge in [-0.15, -0.1) is 0 Å². The summed E-state index contributed by atoms with van der Waals surface area (Å²) < 4.78 is 5.86. The van der Waals surface area contributed by atoms with Crippen molar-refractivity contribution in [2.45, 2.75) is 26.4 Å². The van der Waals surface area contributed by atoms with Crippen LogP contribution in [-0.4, -0.2) is 30.5 Å². The van der Waals surface area contributed by atoms with E-state index in [2.05, 4.69) is 38.1 Å². The molecule has 1 atom stereocenters. The summed E-state index contributed by atoms with van der Waals surface area (Å²) in [5.41, 5.74) is 4.37. The Kier molecular flexibility index (Phi) is 4.77.